The van der Waals surface area contributed by atoms with Crippen molar-refractivity contribution in [3.8, 4) is 0 Å². The standard InChI is InChI=1S/C7H7FOS/c8-6-2-1-5(4-9)3-7(6)10/h1-3,9-10H,4H2. The fourth-order valence-electron chi connectivity index (χ4n) is 0.657. The Labute approximate surface area is 63.9 Å². The van der Waals surface area contributed by atoms with E-state index in [1.54, 1.807) is 0 Å². The van der Waals surface area contributed by atoms with Crippen molar-refractivity contribution in [1.82, 2.24) is 0 Å². The summed E-state index contributed by atoms with van der Waals surface area (Å²) < 4.78 is 12.5. The average molecular weight is 158 g/mol. The maximum Gasteiger partial charge on any atom is 0.136 e. The molecule has 1 aromatic carbocycles. The smallest absolute Gasteiger partial charge is 0.136 e. The lowest BCUT2D eigenvalue weighted by atomic mass is 10.2. The van der Waals surface area contributed by atoms with E-state index in [2.05, 4.69) is 12.6 Å². The number of hydrogen-bond acceptors (Lipinski definition) is 2. The van der Waals surface area contributed by atoms with Crippen LogP contribution in [0.4, 0.5) is 4.39 Å². The second-order valence-corrected chi connectivity index (χ2v) is 2.43. The van der Waals surface area contributed by atoms with Gasteiger partial charge < -0.3 is 5.11 Å². The van der Waals surface area contributed by atoms with Gasteiger partial charge in [0.1, 0.15) is 5.82 Å². The van der Waals surface area contributed by atoms with E-state index in [1.165, 1.54) is 18.2 Å². The molecular weight excluding hydrogens is 151 g/mol. The Hall–Kier alpha value is -0.540. The summed E-state index contributed by atoms with van der Waals surface area (Å²) in [6.45, 7) is -0.0756. The molecule has 0 saturated carbocycles. The van der Waals surface area contributed by atoms with Gasteiger partial charge in [0.2, 0.25) is 0 Å². The number of benzene rings is 1. The molecule has 0 unspecified atom stereocenters. The van der Waals surface area contributed by atoms with Gasteiger partial charge in [0, 0.05) is 4.90 Å². The van der Waals surface area contributed by atoms with Crippen LogP contribution in [0.5, 0.6) is 0 Å². The van der Waals surface area contributed by atoms with E-state index in [9.17, 15) is 4.39 Å². The van der Waals surface area contributed by atoms with Gasteiger partial charge in [-0.05, 0) is 17.7 Å². The van der Waals surface area contributed by atoms with Gasteiger partial charge in [0.05, 0.1) is 6.61 Å². The third-order valence-electron chi connectivity index (χ3n) is 1.19. The topological polar surface area (TPSA) is 20.2 Å². The van der Waals surface area contributed by atoms with Crippen molar-refractivity contribution in [1.29, 1.82) is 0 Å². The van der Waals surface area contributed by atoms with Gasteiger partial charge in [-0.15, -0.1) is 12.6 Å². The highest BCUT2D eigenvalue weighted by atomic mass is 32.1. The van der Waals surface area contributed by atoms with E-state index in [0.717, 1.165) is 0 Å². The van der Waals surface area contributed by atoms with Crippen LogP contribution in [0.3, 0.4) is 0 Å². The van der Waals surface area contributed by atoms with E-state index >= 15 is 0 Å². The fraction of sp³-hybridized carbons (Fsp3) is 0.143. The van der Waals surface area contributed by atoms with Crippen molar-refractivity contribution in [3.05, 3.63) is 29.6 Å². The summed E-state index contributed by atoms with van der Waals surface area (Å²) in [6, 6.07) is 4.31. The van der Waals surface area contributed by atoms with Crippen molar-refractivity contribution in [3.63, 3.8) is 0 Å². The molecule has 1 rings (SSSR count). The largest absolute Gasteiger partial charge is 0.392 e. The third-order valence-corrected chi connectivity index (χ3v) is 1.54. The Morgan fingerprint density at radius 3 is 2.70 bits per heavy atom. The number of hydrogen-bond donors (Lipinski definition) is 2. The first-order valence-corrected chi connectivity index (χ1v) is 3.27. The fourth-order valence-corrected chi connectivity index (χ4v) is 0.897. The SMILES string of the molecule is OCc1ccc(F)c(S)c1. The van der Waals surface area contributed by atoms with E-state index in [-0.39, 0.29) is 17.3 Å². The Balaban J connectivity index is 3.04. The highest BCUT2D eigenvalue weighted by molar-refractivity contribution is 7.80. The zero-order valence-electron chi connectivity index (χ0n) is 5.21. The minimum atomic E-state index is -0.361. The molecule has 0 saturated heterocycles. The number of aliphatic hydroxyl groups is 1. The van der Waals surface area contributed by atoms with Crippen LogP contribution in [-0.4, -0.2) is 5.11 Å². The molecule has 0 aliphatic heterocycles. The maximum absolute atomic E-state index is 12.5. The maximum atomic E-state index is 12.5. The zero-order chi connectivity index (χ0) is 7.56. The van der Waals surface area contributed by atoms with Crippen molar-refractivity contribution < 1.29 is 9.50 Å². The summed E-state index contributed by atoms with van der Waals surface area (Å²) >= 11 is 3.84. The Bertz CT molecular complexity index is 237. The molecule has 0 spiro atoms. The van der Waals surface area contributed by atoms with Crippen LogP contribution < -0.4 is 0 Å². The van der Waals surface area contributed by atoms with Gasteiger partial charge in [-0.2, -0.15) is 0 Å². The van der Waals surface area contributed by atoms with Gasteiger partial charge in [0.15, 0.2) is 0 Å². The first-order valence-electron chi connectivity index (χ1n) is 2.82. The zero-order valence-corrected chi connectivity index (χ0v) is 6.11. The summed E-state index contributed by atoms with van der Waals surface area (Å²) in [4.78, 5) is 0.270. The second-order valence-electron chi connectivity index (χ2n) is 1.94. The molecule has 0 heterocycles. The summed E-state index contributed by atoms with van der Waals surface area (Å²) in [5.41, 5.74) is 0.673. The molecular formula is C7H7FOS. The highest BCUT2D eigenvalue weighted by Crippen LogP contribution is 2.13. The van der Waals surface area contributed by atoms with Gasteiger partial charge in [-0.25, -0.2) is 4.39 Å². The molecule has 0 fully saturated rings. The molecule has 0 aliphatic carbocycles. The Morgan fingerprint density at radius 1 is 1.50 bits per heavy atom. The summed E-state index contributed by atoms with van der Waals surface area (Å²) in [5, 5.41) is 8.60. The lowest BCUT2D eigenvalue weighted by Gasteiger charge is -1.97. The monoisotopic (exact) mass is 158 g/mol. The second kappa shape index (κ2) is 3.03. The first kappa shape index (κ1) is 7.57. The molecule has 1 aromatic rings. The number of halogens is 1. The predicted octanol–water partition coefficient (Wildman–Crippen LogP) is 1.61. The van der Waals surface area contributed by atoms with Crippen molar-refractivity contribution >= 4 is 12.6 Å². The highest BCUT2D eigenvalue weighted by Gasteiger charge is 1.97. The Morgan fingerprint density at radius 2 is 2.20 bits per heavy atom. The molecule has 0 atom stereocenters. The quantitative estimate of drug-likeness (QED) is 0.595. The number of aliphatic hydroxyl groups excluding tert-OH is 1. The molecule has 1 nitrogen and oxygen atoms in total. The van der Waals surface area contributed by atoms with Crippen LogP contribution in [0.25, 0.3) is 0 Å². The van der Waals surface area contributed by atoms with Gasteiger partial charge in [0.25, 0.3) is 0 Å². The molecule has 0 amide bonds. The lowest BCUT2D eigenvalue weighted by molar-refractivity contribution is 0.281. The van der Waals surface area contributed by atoms with Crippen LogP contribution in [0, 0.1) is 5.82 Å². The van der Waals surface area contributed by atoms with Crippen molar-refractivity contribution in [2.24, 2.45) is 0 Å². The Kier molecular flexibility index (Phi) is 2.29. The molecule has 3 heteroatoms. The minimum absolute atomic E-state index is 0.0756. The minimum Gasteiger partial charge on any atom is -0.392 e. The van der Waals surface area contributed by atoms with Crippen LogP contribution in [0.1, 0.15) is 5.56 Å². The van der Waals surface area contributed by atoms with Crippen LogP contribution in [0.2, 0.25) is 0 Å². The van der Waals surface area contributed by atoms with Crippen LogP contribution in [-0.2, 0) is 6.61 Å². The van der Waals surface area contributed by atoms with E-state index in [4.69, 9.17) is 5.11 Å². The molecule has 10 heavy (non-hydrogen) atoms. The predicted molar refractivity (Wildman–Crippen MR) is 39.6 cm³/mol. The summed E-state index contributed by atoms with van der Waals surface area (Å²) in [6.07, 6.45) is 0. The van der Waals surface area contributed by atoms with E-state index in [0.29, 0.717) is 5.56 Å². The lowest BCUT2D eigenvalue weighted by Crippen LogP contribution is -1.84. The third kappa shape index (κ3) is 1.49. The van der Waals surface area contributed by atoms with Gasteiger partial charge in [-0.3, -0.25) is 0 Å². The van der Waals surface area contributed by atoms with Gasteiger partial charge in [-0.1, -0.05) is 6.07 Å². The first-order chi connectivity index (χ1) is 4.74. The molecule has 0 radical (unpaired) electrons. The number of rotatable bonds is 1. The molecule has 54 valence electrons. The van der Waals surface area contributed by atoms with E-state index < -0.39 is 0 Å². The molecule has 0 aliphatic rings. The summed E-state index contributed by atoms with van der Waals surface area (Å²) in [7, 11) is 0. The summed E-state index contributed by atoms with van der Waals surface area (Å²) in [5.74, 6) is -0.361. The van der Waals surface area contributed by atoms with Crippen molar-refractivity contribution in [2.75, 3.05) is 0 Å². The molecule has 0 bridgehead atoms. The van der Waals surface area contributed by atoms with Gasteiger partial charge >= 0.3 is 0 Å². The normalized spacial score (nSPS) is 9.90. The van der Waals surface area contributed by atoms with Crippen LogP contribution >= 0.6 is 12.6 Å². The molecule has 1 N–H and O–H groups in total. The average Bonchev–Trinajstić information content (AvgIpc) is 1.95. The molecule has 0 aromatic heterocycles. The van der Waals surface area contributed by atoms with Crippen molar-refractivity contribution in [2.45, 2.75) is 11.5 Å². The van der Waals surface area contributed by atoms with E-state index in [1.807, 2.05) is 0 Å². The van der Waals surface area contributed by atoms with Crippen LogP contribution in [0.15, 0.2) is 23.1 Å². The number of thiol groups is 1.